The van der Waals surface area contributed by atoms with Crippen LogP contribution in [0.25, 0.3) is 0 Å². The average Bonchev–Trinajstić information content (AvgIpc) is 2.53. The number of amides is 1. The van der Waals surface area contributed by atoms with Gasteiger partial charge in [-0.05, 0) is 30.7 Å². The summed E-state index contributed by atoms with van der Waals surface area (Å²) >= 11 is 5.99. The minimum atomic E-state index is -0.532. The van der Waals surface area contributed by atoms with E-state index < -0.39 is 24.4 Å². The predicted octanol–water partition coefficient (Wildman–Crippen LogP) is 2.42. The Morgan fingerprint density at radius 1 is 1.42 bits per heavy atom. The summed E-state index contributed by atoms with van der Waals surface area (Å²) in [5, 5.41) is 9.35. The third kappa shape index (κ3) is 4.33. The summed E-state index contributed by atoms with van der Waals surface area (Å²) in [5.74, 6) is -1.37. The highest BCUT2D eigenvalue weighted by molar-refractivity contribution is 6.31. The van der Waals surface area contributed by atoms with Crippen LogP contribution in [0.2, 0.25) is 5.02 Å². The Balaban J connectivity index is 2.02. The molecular weight excluding hydrogens is 332 g/mol. The maximum absolute atomic E-state index is 12.4. The minimum Gasteiger partial charge on any atom is -0.455 e. The fraction of sp³-hybridized carbons (Fsp3) is 0.412. The van der Waals surface area contributed by atoms with Crippen molar-refractivity contribution in [3.05, 3.63) is 28.8 Å². The number of anilines is 1. The summed E-state index contributed by atoms with van der Waals surface area (Å²) in [6.07, 6.45) is 0.515. The summed E-state index contributed by atoms with van der Waals surface area (Å²) in [7, 11) is 0. The Kier molecular flexibility index (Phi) is 5.93. The molecule has 0 heterocycles. The van der Waals surface area contributed by atoms with Gasteiger partial charge in [-0.25, -0.2) is 0 Å². The van der Waals surface area contributed by atoms with Gasteiger partial charge in [0.2, 0.25) is 0 Å². The molecule has 0 aromatic heterocycles. The van der Waals surface area contributed by atoms with E-state index in [-0.39, 0.29) is 31.6 Å². The minimum absolute atomic E-state index is 0.0237. The van der Waals surface area contributed by atoms with Crippen molar-refractivity contribution in [2.45, 2.75) is 26.2 Å². The lowest BCUT2D eigenvalue weighted by atomic mass is 9.84. The first kappa shape index (κ1) is 18.0. The van der Waals surface area contributed by atoms with Gasteiger partial charge in [0.1, 0.15) is 5.78 Å². The number of hydrogen-bond acceptors (Lipinski definition) is 5. The number of ether oxygens (including phenoxy) is 1. The van der Waals surface area contributed by atoms with Gasteiger partial charge in [-0.2, -0.15) is 5.26 Å². The standard InChI is InChI=1S/C17H17ClN2O4/c1-11-7-13(3-4-15(11)18)20(6-2-5-19)16(22)10-24-17(23)12-8-14(21)9-12/h3-4,7,12H,2,6,8-10H2,1H3. The van der Waals surface area contributed by atoms with Crippen LogP contribution in [0.4, 0.5) is 5.69 Å². The highest BCUT2D eigenvalue weighted by atomic mass is 35.5. The Morgan fingerprint density at radius 2 is 2.12 bits per heavy atom. The summed E-state index contributed by atoms with van der Waals surface area (Å²) in [5.41, 5.74) is 1.39. The number of nitrogens with zero attached hydrogens (tertiary/aromatic N) is 2. The Labute approximate surface area is 144 Å². The molecule has 6 nitrogen and oxygen atoms in total. The van der Waals surface area contributed by atoms with Gasteiger partial charge >= 0.3 is 5.97 Å². The van der Waals surface area contributed by atoms with E-state index in [1.165, 1.54) is 4.90 Å². The summed E-state index contributed by atoms with van der Waals surface area (Å²) in [4.78, 5) is 36.4. The molecule has 0 N–H and O–H groups in total. The van der Waals surface area contributed by atoms with Gasteiger partial charge in [0.15, 0.2) is 6.61 Å². The number of aryl methyl sites for hydroxylation is 1. The van der Waals surface area contributed by atoms with Crippen molar-refractivity contribution in [3.63, 3.8) is 0 Å². The van der Waals surface area contributed by atoms with Gasteiger partial charge in [0.05, 0.1) is 18.4 Å². The molecule has 126 valence electrons. The lowest BCUT2D eigenvalue weighted by Crippen LogP contribution is -2.38. The summed E-state index contributed by atoms with van der Waals surface area (Å²) in [6, 6.07) is 7.08. The summed E-state index contributed by atoms with van der Waals surface area (Å²) < 4.78 is 5.00. The van der Waals surface area contributed by atoms with Gasteiger partial charge in [0, 0.05) is 30.1 Å². The molecule has 0 bridgehead atoms. The number of carbonyl (C=O) groups is 3. The zero-order chi connectivity index (χ0) is 17.7. The molecule has 0 unspecified atom stereocenters. The van der Waals surface area contributed by atoms with E-state index in [4.69, 9.17) is 21.6 Å². The van der Waals surface area contributed by atoms with Crippen molar-refractivity contribution >= 4 is 34.9 Å². The molecule has 24 heavy (non-hydrogen) atoms. The maximum Gasteiger partial charge on any atom is 0.310 e. The first-order valence-corrected chi connectivity index (χ1v) is 7.92. The van der Waals surface area contributed by atoms with E-state index in [1.807, 2.05) is 13.0 Å². The molecule has 7 heteroatoms. The first-order valence-electron chi connectivity index (χ1n) is 7.54. The maximum atomic E-state index is 12.4. The number of esters is 1. The molecule has 0 radical (unpaired) electrons. The average molecular weight is 349 g/mol. The largest absolute Gasteiger partial charge is 0.455 e. The molecule has 1 fully saturated rings. The second-order valence-corrected chi connectivity index (χ2v) is 6.05. The number of rotatable bonds is 6. The SMILES string of the molecule is Cc1cc(N(CCC#N)C(=O)COC(=O)C2CC(=O)C2)ccc1Cl. The van der Waals surface area contributed by atoms with Gasteiger partial charge in [-0.3, -0.25) is 14.4 Å². The number of benzene rings is 1. The van der Waals surface area contributed by atoms with Crippen LogP contribution in [0.5, 0.6) is 0 Å². The van der Waals surface area contributed by atoms with E-state index in [2.05, 4.69) is 0 Å². The highest BCUT2D eigenvalue weighted by Gasteiger charge is 2.34. The van der Waals surface area contributed by atoms with E-state index in [0.29, 0.717) is 10.7 Å². The zero-order valence-electron chi connectivity index (χ0n) is 13.3. The Bertz CT molecular complexity index is 703. The number of carbonyl (C=O) groups excluding carboxylic acids is 3. The molecule has 1 amide bonds. The van der Waals surface area contributed by atoms with Gasteiger partial charge < -0.3 is 9.64 Å². The Morgan fingerprint density at radius 3 is 2.71 bits per heavy atom. The second-order valence-electron chi connectivity index (χ2n) is 5.64. The Hall–Kier alpha value is -2.39. The number of halogens is 1. The van der Waals surface area contributed by atoms with Crippen LogP contribution in [0.15, 0.2) is 18.2 Å². The lowest BCUT2D eigenvalue weighted by molar-refractivity contribution is -0.157. The van der Waals surface area contributed by atoms with E-state index in [9.17, 15) is 14.4 Å². The topological polar surface area (TPSA) is 87.5 Å². The van der Waals surface area contributed by atoms with Gasteiger partial charge in [-0.15, -0.1) is 0 Å². The number of Topliss-reactive ketones (excluding diaryl/α,β-unsaturated/α-hetero) is 1. The third-order valence-corrected chi connectivity index (χ3v) is 4.24. The molecular formula is C17H17ClN2O4. The van der Waals surface area contributed by atoms with Crippen molar-refractivity contribution < 1.29 is 19.1 Å². The molecule has 0 atom stereocenters. The molecule has 1 saturated carbocycles. The predicted molar refractivity (Wildman–Crippen MR) is 87.5 cm³/mol. The van der Waals surface area contributed by atoms with Crippen molar-refractivity contribution in [1.29, 1.82) is 5.26 Å². The van der Waals surface area contributed by atoms with E-state index >= 15 is 0 Å². The van der Waals surface area contributed by atoms with Crippen molar-refractivity contribution in [2.24, 2.45) is 5.92 Å². The lowest BCUT2D eigenvalue weighted by Gasteiger charge is -2.24. The second kappa shape index (κ2) is 7.93. The molecule has 0 spiro atoms. The fourth-order valence-corrected chi connectivity index (χ4v) is 2.46. The fourth-order valence-electron chi connectivity index (χ4n) is 2.34. The molecule has 2 rings (SSSR count). The van der Waals surface area contributed by atoms with Crippen LogP contribution in [-0.2, 0) is 19.1 Å². The normalized spacial score (nSPS) is 13.8. The molecule has 0 saturated heterocycles. The third-order valence-electron chi connectivity index (χ3n) is 3.82. The molecule has 1 aromatic rings. The van der Waals surface area contributed by atoms with E-state index in [1.54, 1.807) is 18.2 Å². The van der Waals surface area contributed by atoms with Crippen molar-refractivity contribution in [1.82, 2.24) is 0 Å². The summed E-state index contributed by atoms with van der Waals surface area (Å²) in [6.45, 7) is 1.58. The van der Waals surface area contributed by atoms with Crippen LogP contribution in [-0.4, -0.2) is 30.8 Å². The number of hydrogen-bond donors (Lipinski definition) is 0. The zero-order valence-corrected chi connectivity index (χ0v) is 14.0. The molecule has 1 aliphatic rings. The van der Waals surface area contributed by atoms with Crippen LogP contribution < -0.4 is 4.90 Å². The molecule has 0 aliphatic heterocycles. The molecule has 1 aliphatic carbocycles. The number of ketones is 1. The van der Waals surface area contributed by atoms with Crippen molar-refractivity contribution in [3.8, 4) is 6.07 Å². The van der Waals surface area contributed by atoms with Crippen LogP contribution >= 0.6 is 11.6 Å². The van der Waals surface area contributed by atoms with Gasteiger partial charge in [-0.1, -0.05) is 11.6 Å². The smallest absolute Gasteiger partial charge is 0.310 e. The van der Waals surface area contributed by atoms with E-state index in [0.717, 1.165) is 5.56 Å². The number of nitriles is 1. The first-order chi connectivity index (χ1) is 11.4. The monoisotopic (exact) mass is 348 g/mol. The van der Waals surface area contributed by atoms with Crippen molar-refractivity contribution in [2.75, 3.05) is 18.1 Å². The van der Waals surface area contributed by atoms with Crippen LogP contribution in [0.1, 0.15) is 24.8 Å². The van der Waals surface area contributed by atoms with Crippen LogP contribution in [0.3, 0.4) is 0 Å². The highest BCUT2D eigenvalue weighted by Crippen LogP contribution is 2.25. The van der Waals surface area contributed by atoms with Crippen LogP contribution in [0, 0.1) is 24.2 Å². The molecule has 1 aromatic carbocycles. The van der Waals surface area contributed by atoms with Gasteiger partial charge in [0.25, 0.3) is 5.91 Å². The quantitative estimate of drug-likeness (QED) is 0.737.